The van der Waals surface area contributed by atoms with Gasteiger partial charge in [-0.3, -0.25) is 4.79 Å². The summed E-state index contributed by atoms with van der Waals surface area (Å²) in [5.74, 6) is -0.114. The van der Waals surface area contributed by atoms with Crippen LogP contribution in [-0.4, -0.2) is 20.7 Å². The summed E-state index contributed by atoms with van der Waals surface area (Å²) in [6, 6.07) is 16.6. The molecular weight excluding hydrogens is 464 g/mol. The Hall–Kier alpha value is -3.36. The van der Waals surface area contributed by atoms with Crippen molar-refractivity contribution < 1.29 is 18.0 Å². The Morgan fingerprint density at radius 3 is 2.31 bits per heavy atom. The van der Waals surface area contributed by atoms with Crippen LogP contribution < -0.4 is 5.32 Å². The maximum Gasteiger partial charge on any atom is 0.435 e. The third kappa shape index (κ3) is 4.61. The van der Waals surface area contributed by atoms with Crippen molar-refractivity contribution in [3.63, 3.8) is 0 Å². The van der Waals surface area contributed by atoms with Crippen molar-refractivity contribution in [2.24, 2.45) is 0 Å². The molecular formula is C22H13Cl2F3N4O. The number of carbonyl (C=O) groups excluding carboxylic acids is 1. The number of nitrogens with zero attached hydrogens (tertiary/aromatic N) is 3. The summed E-state index contributed by atoms with van der Waals surface area (Å²) in [5.41, 5.74) is 0.148. The number of para-hydroxylation sites is 1. The van der Waals surface area contributed by atoms with Gasteiger partial charge in [-0.05, 0) is 42.5 Å². The molecule has 0 aliphatic rings. The molecule has 2 heterocycles. The molecule has 0 spiro atoms. The number of rotatable bonds is 4. The molecule has 0 aliphatic carbocycles. The molecule has 0 unspecified atom stereocenters. The summed E-state index contributed by atoms with van der Waals surface area (Å²) in [4.78, 5) is 16.4. The number of alkyl halides is 3. The average Bonchev–Trinajstić information content (AvgIpc) is 3.21. The van der Waals surface area contributed by atoms with Crippen molar-refractivity contribution in [1.82, 2.24) is 14.8 Å². The van der Waals surface area contributed by atoms with Gasteiger partial charge in [0.2, 0.25) is 0 Å². The summed E-state index contributed by atoms with van der Waals surface area (Å²) >= 11 is 12.0. The lowest BCUT2D eigenvalue weighted by Crippen LogP contribution is -2.12. The maximum absolute atomic E-state index is 13.3. The topological polar surface area (TPSA) is 59.8 Å². The van der Waals surface area contributed by atoms with Crippen LogP contribution in [-0.2, 0) is 6.18 Å². The van der Waals surface area contributed by atoms with Crippen LogP contribution in [0, 0.1) is 0 Å². The van der Waals surface area contributed by atoms with E-state index in [4.69, 9.17) is 23.2 Å². The van der Waals surface area contributed by atoms with Gasteiger partial charge in [-0.15, -0.1) is 0 Å². The predicted octanol–water partition coefficient (Wildman–Crippen LogP) is 6.51. The highest BCUT2D eigenvalue weighted by atomic mass is 35.5. The van der Waals surface area contributed by atoms with Crippen LogP contribution >= 0.6 is 23.2 Å². The Morgan fingerprint density at radius 2 is 1.69 bits per heavy atom. The molecule has 4 aromatic rings. The highest BCUT2D eigenvalue weighted by molar-refractivity contribution is 6.32. The summed E-state index contributed by atoms with van der Waals surface area (Å²) in [7, 11) is 0. The van der Waals surface area contributed by atoms with Gasteiger partial charge in [0.15, 0.2) is 5.69 Å². The molecule has 0 radical (unpaired) electrons. The molecule has 0 aliphatic heterocycles. The predicted molar refractivity (Wildman–Crippen MR) is 116 cm³/mol. The van der Waals surface area contributed by atoms with E-state index in [1.54, 1.807) is 36.4 Å². The Bertz CT molecular complexity index is 1270. The number of halogens is 5. The SMILES string of the molecule is O=C(Nc1ccc(Cl)cn1)c1ccc(-c2cc(C(F)(F)F)nn2-c2ccccc2Cl)cc1. The Balaban J connectivity index is 1.67. The lowest BCUT2D eigenvalue weighted by molar-refractivity contribution is -0.141. The fourth-order valence-electron chi connectivity index (χ4n) is 2.96. The van der Waals surface area contributed by atoms with E-state index < -0.39 is 17.8 Å². The molecule has 2 aromatic carbocycles. The lowest BCUT2D eigenvalue weighted by atomic mass is 10.1. The van der Waals surface area contributed by atoms with Gasteiger partial charge in [0.25, 0.3) is 5.91 Å². The van der Waals surface area contributed by atoms with Gasteiger partial charge in [0.1, 0.15) is 5.82 Å². The average molecular weight is 477 g/mol. The molecule has 4 rings (SSSR count). The number of amides is 1. The standard InChI is InChI=1S/C22H13Cl2F3N4O/c23-15-9-10-20(28-12-15)29-21(32)14-7-5-13(6-8-14)18-11-19(22(25,26)27)30-31(18)17-4-2-1-3-16(17)24/h1-12H,(H,28,29,32). The molecule has 162 valence electrons. The maximum atomic E-state index is 13.3. The molecule has 2 aromatic heterocycles. The normalized spacial score (nSPS) is 11.4. The van der Waals surface area contributed by atoms with Gasteiger partial charge in [0.05, 0.1) is 21.4 Å². The van der Waals surface area contributed by atoms with Gasteiger partial charge in [0, 0.05) is 17.3 Å². The smallest absolute Gasteiger partial charge is 0.307 e. The first-order chi connectivity index (χ1) is 15.2. The number of benzene rings is 2. The molecule has 0 fully saturated rings. The summed E-state index contributed by atoms with van der Waals surface area (Å²) < 4.78 is 41.2. The number of pyridine rings is 1. The third-order valence-electron chi connectivity index (χ3n) is 4.49. The minimum atomic E-state index is -4.63. The van der Waals surface area contributed by atoms with Crippen LogP contribution in [0.25, 0.3) is 16.9 Å². The fourth-order valence-corrected chi connectivity index (χ4v) is 3.29. The van der Waals surface area contributed by atoms with E-state index in [1.807, 2.05) is 0 Å². The molecule has 5 nitrogen and oxygen atoms in total. The van der Waals surface area contributed by atoms with E-state index in [0.29, 0.717) is 27.7 Å². The Labute approximate surface area is 190 Å². The van der Waals surface area contributed by atoms with E-state index in [2.05, 4.69) is 15.4 Å². The van der Waals surface area contributed by atoms with Crippen molar-refractivity contribution in [2.45, 2.75) is 6.18 Å². The Kier molecular flexibility index (Phi) is 5.90. The van der Waals surface area contributed by atoms with E-state index in [-0.39, 0.29) is 10.7 Å². The molecule has 32 heavy (non-hydrogen) atoms. The van der Waals surface area contributed by atoms with Crippen LogP contribution in [0.2, 0.25) is 10.0 Å². The van der Waals surface area contributed by atoms with E-state index >= 15 is 0 Å². The number of hydrogen-bond acceptors (Lipinski definition) is 3. The molecule has 0 saturated heterocycles. The summed E-state index contributed by atoms with van der Waals surface area (Å²) in [6.07, 6.45) is -3.24. The van der Waals surface area contributed by atoms with Gasteiger partial charge < -0.3 is 5.32 Å². The zero-order valence-electron chi connectivity index (χ0n) is 16.1. The van der Waals surface area contributed by atoms with Crippen molar-refractivity contribution >= 4 is 34.9 Å². The van der Waals surface area contributed by atoms with Crippen molar-refractivity contribution in [1.29, 1.82) is 0 Å². The van der Waals surface area contributed by atoms with Crippen LogP contribution in [0.5, 0.6) is 0 Å². The van der Waals surface area contributed by atoms with Gasteiger partial charge in [-0.25, -0.2) is 9.67 Å². The third-order valence-corrected chi connectivity index (χ3v) is 5.04. The molecule has 0 saturated carbocycles. The number of aromatic nitrogens is 3. The zero-order valence-corrected chi connectivity index (χ0v) is 17.6. The van der Waals surface area contributed by atoms with Crippen molar-refractivity contribution in [3.8, 4) is 16.9 Å². The minimum absolute atomic E-state index is 0.178. The molecule has 0 bridgehead atoms. The number of nitrogens with one attached hydrogen (secondary N) is 1. The first kappa shape index (κ1) is 21.9. The second-order valence-corrected chi connectivity index (χ2v) is 7.51. The molecule has 0 atom stereocenters. The number of carbonyl (C=O) groups is 1. The first-order valence-electron chi connectivity index (χ1n) is 9.18. The van der Waals surface area contributed by atoms with Gasteiger partial charge in [-0.1, -0.05) is 47.5 Å². The lowest BCUT2D eigenvalue weighted by Gasteiger charge is -2.10. The number of hydrogen-bond donors (Lipinski definition) is 1. The van der Waals surface area contributed by atoms with Crippen LogP contribution in [0.4, 0.5) is 19.0 Å². The van der Waals surface area contributed by atoms with Gasteiger partial charge >= 0.3 is 6.18 Å². The second kappa shape index (κ2) is 8.64. The highest BCUT2D eigenvalue weighted by Gasteiger charge is 2.35. The van der Waals surface area contributed by atoms with Crippen LogP contribution in [0.15, 0.2) is 72.9 Å². The zero-order chi connectivity index (χ0) is 22.9. The highest BCUT2D eigenvalue weighted by Crippen LogP contribution is 2.34. The van der Waals surface area contributed by atoms with Crippen molar-refractivity contribution in [2.75, 3.05) is 5.32 Å². The largest absolute Gasteiger partial charge is 0.435 e. The monoisotopic (exact) mass is 476 g/mol. The molecule has 1 N–H and O–H groups in total. The Morgan fingerprint density at radius 1 is 0.969 bits per heavy atom. The fraction of sp³-hybridized carbons (Fsp3) is 0.0455. The van der Waals surface area contributed by atoms with E-state index in [1.165, 1.54) is 30.5 Å². The van der Waals surface area contributed by atoms with Crippen molar-refractivity contribution in [3.05, 3.63) is 94.2 Å². The minimum Gasteiger partial charge on any atom is -0.307 e. The molecule has 1 amide bonds. The number of anilines is 1. The first-order valence-corrected chi connectivity index (χ1v) is 9.93. The van der Waals surface area contributed by atoms with E-state index in [9.17, 15) is 18.0 Å². The molecule has 10 heteroatoms. The summed E-state index contributed by atoms with van der Waals surface area (Å²) in [5, 5.41) is 7.02. The van der Waals surface area contributed by atoms with Gasteiger partial charge in [-0.2, -0.15) is 18.3 Å². The summed E-state index contributed by atoms with van der Waals surface area (Å²) in [6.45, 7) is 0. The second-order valence-electron chi connectivity index (χ2n) is 6.67. The quantitative estimate of drug-likeness (QED) is 0.365. The van der Waals surface area contributed by atoms with Crippen LogP contribution in [0.1, 0.15) is 16.1 Å². The van der Waals surface area contributed by atoms with Crippen LogP contribution in [0.3, 0.4) is 0 Å². The van der Waals surface area contributed by atoms with E-state index in [0.717, 1.165) is 10.7 Å².